The largest absolute Gasteiger partial charge is 0.0812 e. The lowest BCUT2D eigenvalue weighted by Crippen LogP contribution is -2.05. The van der Waals surface area contributed by atoms with Crippen molar-refractivity contribution in [3.63, 3.8) is 0 Å². The maximum Gasteiger partial charge on any atom is 0.0439 e. The Labute approximate surface area is 100 Å². The highest BCUT2D eigenvalue weighted by atomic mass is 14.2. The van der Waals surface area contributed by atoms with Gasteiger partial charge in [0.25, 0.3) is 0 Å². The van der Waals surface area contributed by atoms with Gasteiger partial charge in [-0.05, 0) is 54.9 Å². The molecule has 0 N–H and O–H groups in total. The first kappa shape index (κ1) is 12.8. The van der Waals surface area contributed by atoms with E-state index in [1.807, 2.05) is 0 Å². The fraction of sp³-hybridized carbons (Fsp3) is 0.500. The molecule has 0 aromatic heterocycles. The van der Waals surface area contributed by atoms with Crippen LogP contribution in [0.4, 0.5) is 0 Å². The van der Waals surface area contributed by atoms with E-state index in [9.17, 15) is 0 Å². The van der Waals surface area contributed by atoms with Crippen LogP contribution in [0.1, 0.15) is 55.9 Å². The van der Waals surface area contributed by atoms with Crippen LogP contribution in [0.2, 0.25) is 0 Å². The molecule has 0 spiro atoms. The van der Waals surface area contributed by atoms with Crippen LogP contribution in [-0.4, -0.2) is 0 Å². The summed E-state index contributed by atoms with van der Waals surface area (Å²) in [5.41, 5.74) is 5.59. The van der Waals surface area contributed by atoms with Crippen LogP contribution in [0.5, 0.6) is 0 Å². The third-order valence-corrected chi connectivity index (χ3v) is 3.31. The second-order valence-corrected chi connectivity index (χ2v) is 4.20. The van der Waals surface area contributed by atoms with Crippen LogP contribution in [-0.2, 0) is 19.3 Å². The molecule has 1 atom stereocenters. The van der Waals surface area contributed by atoms with E-state index in [0.29, 0.717) is 0 Å². The number of hydrogen-bond acceptors (Lipinski definition) is 0. The van der Waals surface area contributed by atoms with Gasteiger partial charge >= 0.3 is 0 Å². The van der Waals surface area contributed by atoms with Crippen molar-refractivity contribution in [1.82, 2.24) is 0 Å². The van der Waals surface area contributed by atoms with Gasteiger partial charge in [0.2, 0.25) is 0 Å². The third kappa shape index (κ3) is 2.30. The molecule has 0 fully saturated rings. The molecule has 0 heterocycles. The van der Waals surface area contributed by atoms with Gasteiger partial charge in [0.05, 0.1) is 0 Å². The third-order valence-electron chi connectivity index (χ3n) is 3.31. The molecule has 0 aliphatic carbocycles. The highest BCUT2D eigenvalue weighted by Crippen LogP contribution is 2.28. The first-order chi connectivity index (χ1) is 7.69. The van der Waals surface area contributed by atoms with E-state index in [-0.39, 0.29) is 5.92 Å². The Balaban J connectivity index is 3.44. The van der Waals surface area contributed by atoms with Gasteiger partial charge in [-0.2, -0.15) is 0 Å². The predicted octanol–water partition coefficient (Wildman–Crippen LogP) is 4.07. The summed E-state index contributed by atoms with van der Waals surface area (Å²) < 4.78 is 0. The second kappa shape index (κ2) is 5.75. The summed E-state index contributed by atoms with van der Waals surface area (Å²) in [7, 11) is 0. The summed E-state index contributed by atoms with van der Waals surface area (Å²) in [6.07, 6.45) is 10.5. The van der Waals surface area contributed by atoms with Crippen LogP contribution >= 0.6 is 0 Å². The van der Waals surface area contributed by atoms with Gasteiger partial charge < -0.3 is 0 Å². The summed E-state index contributed by atoms with van der Waals surface area (Å²) in [4.78, 5) is 0. The predicted molar refractivity (Wildman–Crippen MR) is 70.1 cm³/mol. The molecule has 16 heavy (non-hydrogen) atoms. The van der Waals surface area contributed by atoms with E-state index in [0.717, 1.165) is 19.3 Å². The van der Waals surface area contributed by atoms with Crippen molar-refractivity contribution < 1.29 is 0 Å². The summed E-state index contributed by atoms with van der Waals surface area (Å²) in [5.74, 6) is 2.75. The van der Waals surface area contributed by atoms with Gasteiger partial charge in [-0.3, -0.25) is 0 Å². The highest BCUT2D eigenvalue weighted by Gasteiger charge is 2.14. The molecule has 0 heteroatoms. The molecule has 0 aliphatic heterocycles. The van der Waals surface area contributed by atoms with Crippen molar-refractivity contribution in [1.29, 1.82) is 0 Å². The van der Waals surface area contributed by atoms with Crippen LogP contribution < -0.4 is 0 Å². The molecule has 85 valence electrons. The Bertz CT molecular complexity index is 393. The van der Waals surface area contributed by atoms with E-state index >= 15 is 0 Å². The van der Waals surface area contributed by atoms with Crippen LogP contribution in [0, 0.1) is 12.3 Å². The first-order valence-electron chi connectivity index (χ1n) is 6.25. The fourth-order valence-electron chi connectivity index (χ4n) is 2.43. The van der Waals surface area contributed by atoms with Gasteiger partial charge in [-0.1, -0.05) is 38.8 Å². The fourth-order valence-corrected chi connectivity index (χ4v) is 2.43. The molecule has 0 saturated carbocycles. The van der Waals surface area contributed by atoms with Gasteiger partial charge in [0.15, 0.2) is 0 Å². The minimum absolute atomic E-state index is 0.122. The minimum atomic E-state index is 0.122. The average molecular weight is 213 g/mol. The Morgan fingerprint density at radius 1 is 1.06 bits per heavy atom. The van der Waals surface area contributed by atoms with Gasteiger partial charge in [0, 0.05) is 5.92 Å². The van der Waals surface area contributed by atoms with Crippen molar-refractivity contribution in [3.05, 3.63) is 40.8 Å². The van der Waals surface area contributed by atoms with E-state index in [1.165, 1.54) is 22.3 Å². The lowest BCUT2D eigenvalue weighted by atomic mass is 9.85. The zero-order chi connectivity index (χ0) is 12.1. The molecule has 0 amide bonds. The average Bonchev–Trinajstić information content (AvgIpc) is 2.35. The Kier molecular flexibility index (Phi) is 4.62. The maximum atomic E-state index is 7.37. The van der Waals surface area contributed by atoms with Crippen molar-refractivity contribution in [2.75, 3.05) is 0 Å². The SMILES string of the molecule is [C]#CC(C)c1c(CC)ccc(CC)c1CC. The first-order valence-corrected chi connectivity index (χ1v) is 6.25. The van der Waals surface area contributed by atoms with Crippen molar-refractivity contribution in [2.45, 2.75) is 52.9 Å². The molecule has 0 saturated heterocycles. The van der Waals surface area contributed by atoms with Gasteiger partial charge in [-0.15, -0.1) is 0 Å². The zero-order valence-corrected chi connectivity index (χ0v) is 10.9. The molecular weight excluding hydrogens is 192 g/mol. The minimum Gasteiger partial charge on any atom is -0.0812 e. The lowest BCUT2D eigenvalue weighted by Gasteiger charge is -2.19. The van der Waals surface area contributed by atoms with E-state index in [1.54, 1.807) is 0 Å². The molecule has 1 aromatic carbocycles. The second-order valence-electron chi connectivity index (χ2n) is 4.20. The monoisotopic (exact) mass is 213 g/mol. The highest BCUT2D eigenvalue weighted by molar-refractivity contribution is 5.45. The molecule has 1 unspecified atom stereocenters. The molecule has 0 nitrogen and oxygen atoms in total. The van der Waals surface area contributed by atoms with Crippen LogP contribution in [0.15, 0.2) is 12.1 Å². The number of hydrogen-bond donors (Lipinski definition) is 0. The van der Waals surface area contributed by atoms with E-state index in [2.05, 4.69) is 45.7 Å². The standard InChI is InChI=1S/C16H21/c1-6-12(5)16-14(8-3)11-10-13(7-2)15(16)9-4/h10-12H,7-9H2,2-5H3. The topological polar surface area (TPSA) is 0 Å². The van der Waals surface area contributed by atoms with E-state index in [4.69, 9.17) is 6.42 Å². The normalized spacial score (nSPS) is 12.2. The van der Waals surface area contributed by atoms with Gasteiger partial charge in [-0.25, -0.2) is 0 Å². The number of aryl methyl sites for hydroxylation is 2. The number of rotatable bonds is 4. The molecular formula is C16H21. The molecule has 1 rings (SSSR count). The summed E-state index contributed by atoms with van der Waals surface area (Å²) in [5, 5.41) is 0. The smallest absolute Gasteiger partial charge is 0.0439 e. The molecule has 1 aromatic rings. The summed E-state index contributed by atoms with van der Waals surface area (Å²) in [6.45, 7) is 8.65. The Hall–Kier alpha value is -1.22. The van der Waals surface area contributed by atoms with Crippen molar-refractivity contribution in [3.8, 4) is 5.92 Å². The number of benzene rings is 1. The van der Waals surface area contributed by atoms with Crippen molar-refractivity contribution >= 4 is 0 Å². The van der Waals surface area contributed by atoms with Crippen molar-refractivity contribution in [2.24, 2.45) is 0 Å². The zero-order valence-electron chi connectivity index (χ0n) is 10.9. The van der Waals surface area contributed by atoms with Crippen LogP contribution in [0.25, 0.3) is 0 Å². The van der Waals surface area contributed by atoms with Crippen LogP contribution in [0.3, 0.4) is 0 Å². The summed E-state index contributed by atoms with van der Waals surface area (Å²) in [6, 6.07) is 4.47. The quantitative estimate of drug-likeness (QED) is 0.661. The Morgan fingerprint density at radius 2 is 1.62 bits per heavy atom. The van der Waals surface area contributed by atoms with Gasteiger partial charge in [0.1, 0.15) is 0 Å². The Morgan fingerprint density at radius 3 is 2.06 bits per heavy atom. The lowest BCUT2D eigenvalue weighted by molar-refractivity contribution is 0.895. The summed E-state index contributed by atoms with van der Waals surface area (Å²) >= 11 is 0. The van der Waals surface area contributed by atoms with E-state index < -0.39 is 0 Å². The molecule has 0 aliphatic rings. The maximum absolute atomic E-state index is 7.37. The molecule has 0 bridgehead atoms. The molecule has 1 radical (unpaired) electrons.